The van der Waals surface area contributed by atoms with Gasteiger partial charge in [0.2, 0.25) is 0 Å². The Morgan fingerprint density at radius 1 is 1.56 bits per heavy atom. The van der Waals surface area contributed by atoms with E-state index in [0.29, 0.717) is 6.61 Å². The zero-order chi connectivity index (χ0) is 11.8. The fraction of sp³-hybridized carbons (Fsp3) is 0.500. The first-order chi connectivity index (χ1) is 7.74. The molecule has 1 atom stereocenters. The van der Waals surface area contributed by atoms with E-state index in [1.807, 2.05) is 18.2 Å². The molecule has 0 saturated heterocycles. The normalized spacial score (nSPS) is 12.1. The molecule has 1 N–H and O–H groups in total. The Bertz CT molecular complexity index is 314. The van der Waals surface area contributed by atoms with Crippen LogP contribution in [0.3, 0.4) is 0 Å². The molecule has 0 fully saturated rings. The van der Waals surface area contributed by atoms with Crippen molar-refractivity contribution in [2.45, 2.75) is 26.3 Å². The highest BCUT2D eigenvalue weighted by molar-refractivity contribution is 5.75. The van der Waals surface area contributed by atoms with Crippen molar-refractivity contribution in [1.29, 1.82) is 0 Å². The molecule has 0 aliphatic heterocycles. The summed E-state index contributed by atoms with van der Waals surface area (Å²) >= 11 is 0. The fourth-order valence-electron chi connectivity index (χ4n) is 1.31. The number of hydrogen-bond acceptors (Lipinski definition) is 4. The van der Waals surface area contributed by atoms with E-state index in [9.17, 15) is 4.79 Å². The molecule has 0 amide bonds. The summed E-state index contributed by atoms with van der Waals surface area (Å²) in [6, 6.07) is 5.55. The highest BCUT2D eigenvalue weighted by atomic mass is 16.5. The smallest absolute Gasteiger partial charge is 0.322 e. The van der Waals surface area contributed by atoms with Gasteiger partial charge in [0.25, 0.3) is 0 Å². The summed E-state index contributed by atoms with van der Waals surface area (Å²) in [6.45, 7) is 4.75. The minimum absolute atomic E-state index is 0.205. The number of carbonyl (C=O) groups excluding carboxylic acids is 1. The van der Waals surface area contributed by atoms with E-state index < -0.39 is 0 Å². The van der Waals surface area contributed by atoms with Crippen LogP contribution in [0.15, 0.2) is 24.4 Å². The lowest BCUT2D eigenvalue weighted by molar-refractivity contribution is -0.145. The van der Waals surface area contributed by atoms with Gasteiger partial charge in [0.1, 0.15) is 6.04 Å². The van der Waals surface area contributed by atoms with Gasteiger partial charge in [-0.2, -0.15) is 0 Å². The van der Waals surface area contributed by atoms with Crippen LogP contribution in [0.25, 0.3) is 0 Å². The standard InChI is InChI=1S/C12H18N2O2/c1-3-16-12(15)10(2)13-9-7-11-6-4-5-8-14-11/h4-6,8,10,13H,3,7,9H2,1-2H3. The van der Waals surface area contributed by atoms with Crippen LogP contribution in [-0.4, -0.2) is 30.1 Å². The van der Waals surface area contributed by atoms with Crippen LogP contribution in [0.5, 0.6) is 0 Å². The second-order valence-electron chi connectivity index (χ2n) is 3.50. The van der Waals surface area contributed by atoms with E-state index in [1.165, 1.54) is 0 Å². The SMILES string of the molecule is CCOC(=O)C(C)NCCc1ccccn1. The summed E-state index contributed by atoms with van der Waals surface area (Å²) < 4.78 is 4.89. The van der Waals surface area contributed by atoms with Gasteiger partial charge in [0.15, 0.2) is 0 Å². The van der Waals surface area contributed by atoms with Crippen LogP contribution < -0.4 is 5.32 Å². The Kier molecular flexibility index (Phi) is 5.50. The number of rotatable bonds is 6. The third kappa shape index (κ3) is 4.40. The zero-order valence-electron chi connectivity index (χ0n) is 9.77. The summed E-state index contributed by atoms with van der Waals surface area (Å²) in [5.74, 6) is -0.205. The van der Waals surface area contributed by atoms with E-state index in [1.54, 1.807) is 20.0 Å². The molecule has 1 heterocycles. The van der Waals surface area contributed by atoms with Crippen molar-refractivity contribution in [3.63, 3.8) is 0 Å². The maximum absolute atomic E-state index is 11.3. The summed E-state index contributed by atoms with van der Waals surface area (Å²) in [6.07, 6.45) is 2.58. The van der Waals surface area contributed by atoms with E-state index in [4.69, 9.17) is 4.74 Å². The lowest BCUT2D eigenvalue weighted by atomic mass is 10.2. The van der Waals surface area contributed by atoms with Gasteiger partial charge in [0.05, 0.1) is 6.61 Å². The Hall–Kier alpha value is -1.42. The van der Waals surface area contributed by atoms with Crippen LogP contribution in [-0.2, 0) is 16.0 Å². The first-order valence-electron chi connectivity index (χ1n) is 5.54. The van der Waals surface area contributed by atoms with E-state index >= 15 is 0 Å². The predicted molar refractivity (Wildman–Crippen MR) is 62.0 cm³/mol. The van der Waals surface area contributed by atoms with Crippen molar-refractivity contribution >= 4 is 5.97 Å². The third-order valence-electron chi connectivity index (χ3n) is 2.20. The number of esters is 1. The number of hydrogen-bond donors (Lipinski definition) is 1. The fourth-order valence-corrected chi connectivity index (χ4v) is 1.31. The second kappa shape index (κ2) is 6.95. The Labute approximate surface area is 96.0 Å². The van der Waals surface area contributed by atoms with Gasteiger partial charge < -0.3 is 10.1 Å². The summed E-state index contributed by atoms with van der Waals surface area (Å²) in [4.78, 5) is 15.5. The largest absolute Gasteiger partial charge is 0.465 e. The predicted octanol–water partition coefficient (Wildman–Crippen LogP) is 1.17. The monoisotopic (exact) mass is 222 g/mol. The maximum atomic E-state index is 11.3. The second-order valence-corrected chi connectivity index (χ2v) is 3.50. The van der Waals surface area contributed by atoms with Crippen LogP contribution in [0.4, 0.5) is 0 Å². The van der Waals surface area contributed by atoms with E-state index in [2.05, 4.69) is 10.3 Å². The zero-order valence-corrected chi connectivity index (χ0v) is 9.77. The molecule has 0 spiro atoms. The molecule has 1 aromatic heterocycles. The van der Waals surface area contributed by atoms with Crippen molar-refractivity contribution in [3.05, 3.63) is 30.1 Å². The van der Waals surface area contributed by atoms with Crippen molar-refractivity contribution in [1.82, 2.24) is 10.3 Å². The van der Waals surface area contributed by atoms with Crippen molar-refractivity contribution < 1.29 is 9.53 Å². The van der Waals surface area contributed by atoms with Crippen LogP contribution >= 0.6 is 0 Å². The Morgan fingerprint density at radius 2 is 2.38 bits per heavy atom. The number of carbonyl (C=O) groups is 1. The molecule has 1 aromatic rings. The van der Waals surface area contributed by atoms with Gasteiger partial charge >= 0.3 is 5.97 Å². The molecular weight excluding hydrogens is 204 g/mol. The lowest BCUT2D eigenvalue weighted by Crippen LogP contribution is -2.36. The quantitative estimate of drug-likeness (QED) is 0.734. The number of nitrogens with one attached hydrogen (secondary N) is 1. The van der Waals surface area contributed by atoms with Crippen molar-refractivity contribution in [2.24, 2.45) is 0 Å². The van der Waals surface area contributed by atoms with Crippen LogP contribution in [0.2, 0.25) is 0 Å². The molecular formula is C12H18N2O2. The first-order valence-corrected chi connectivity index (χ1v) is 5.54. The molecule has 0 radical (unpaired) electrons. The van der Waals surface area contributed by atoms with Gasteiger partial charge in [-0.25, -0.2) is 0 Å². The van der Waals surface area contributed by atoms with Gasteiger partial charge in [-0.1, -0.05) is 6.07 Å². The Morgan fingerprint density at radius 3 is 3.00 bits per heavy atom. The molecule has 0 aliphatic rings. The van der Waals surface area contributed by atoms with E-state index in [0.717, 1.165) is 18.7 Å². The van der Waals surface area contributed by atoms with Crippen molar-refractivity contribution in [3.8, 4) is 0 Å². The maximum Gasteiger partial charge on any atom is 0.322 e. The molecule has 88 valence electrons. The molecule has 4 nitrogen and oxygen atoms in total. The highest BCUT2D eigenvalue weighted by Gasteiger charge is 2.12. The summed E-state index contributed by atoms with van der Waals surface area (Å²) in [5, 5.41) is 3.10. The molecule has 0 aromatic carbocycles. The lowest BCUT2D eigenvalue weighted by Gasteiger charge is -2.11. The van der Waals surface area contributed by atoms with Crippen LogP contribution in [0, 0.1) is 0 Å². The molecule has 0 aliphatic carbocycles. The molecule has 16 heavy (non-hydrogen) atoms. The number of pyridine rings is 1. The van der Waals surface area contributed by atoms with Crippen LogP contribution in [0.1, 0.15) is 19.5 Å². The van der Waals surface area contributed by atoms with Gasteiger partial charge in [-0.05, 0) is 26.0 Å². The molecule has 1 rings (SSSR count). The average Bonchev–Trinajstić information content (AvgIpc) is 2.30. The summed E-state index contributed by atoms with van der Waals surface area (Å²) in [5.41, 5.74) is 1.02. The number of nitrogens with zero attached hydrogens (tertiary/aromatic N) is 1. The van der Waals surface area contributed by atoms with Crippen molar-refractivity contribution in [2.75, 3.05) is 13.2 Å². The van der Waals surface area contributed by atoms with E-state index in [-0.39, 0.29) is 12.0 Å². The first kappa shape index (κ1) is 12.6. The molecule has 0 saturated carbocycles. The molecule has 1 unspecified atom stereocenters. The van der Waals surface area contributed by atoms with Gasteiger partial charge in [0, 0.05) is 24.9 Å². The Balaban J connectivity index is 2.23. The summed E-state index contributed by atoms with van der Waals surface area (Å²) in [7, 11) is 0. The third-order valence-corrected chi connectivity index (χ3v) is 2.20. The average molecular weight is 222 g/mol. The highest BCUT2D eigenvalue weighted by Crippen LogP contribution is 1.94. The minimum Gasteiger partial charge on any atom is -0.465 e. The number of aromatic nitrogens is 1. The van der Waals surface area contributed by atoms with Gasteiger partial charge in [-0.15, -0.1) is 0 Å². The minimum atomic E-state index is -0.260. The topological polar surface area (TPSA) is 51.2 Å². The molecule has 4 heteroatoms. The van der Waals surface area contributed by atoms with Gasteiger partial charge in [-0.3, -0.25) is 9.78 Å². The molecule has 0 bridgehead atoms. The number of ether oxygens (including phenoxy) is 1.